The Kier molecular flexibility index (Phi) is 4.33. The maximum atomic E-state index is 12.4. The van der Waals surface area contributed by atoms with E-state index in [0.29, 0.717) is 23.5 Å². The van der Waals surface area contributed by atoms with Gasteiger partial charge in [-0.15, -0.1) is 0 Å². The molecule has 1 aliphatic rings. The fourth-order valence-corrected chi connectivity index (χ4v) is 3.37. The largest absolute Gasteiger partial charge is 0.357 e. The molecule has 0 aliphatic carbocycles. The molecule has 3 aromatic heterocycles. The molecule has 3 aromatic rings. The number of anilines is 2. The minimum Gasteiger partial charge on any atom is -0.357 e. The van der Waals surface area contributed by atoms with Crippen molar-refractivity contribution in [1.29, 1.82) is 0 Å². The number of fused-ring (bicyclic) bond motifs is 1. The molecule has 0 aromatic carbocycles. The molecule has 4 rings (SSSR count). The number of nitrogens with one attached hydrogen (secondary N) is 2. The molecule has 27 heavy (non-hydrogen) atoms. The third kappa shape index (κ3) is 3.51. The number of hydrogen-bond donors (Lipinski definition) is 2. The Hall–Kier alpha value is -2.90. The summed E-state index contributed by atoms with van der Waals surface area (Å²) < 4.78 is 1.78. The smallest absolute Gasteiger partial charge is 0.263 e. The van der Waals surface area contributed by atoms with Gasteiger partial charge in [-0.05, 0) is 51.3 Å². The average Bonchev–Trinajstić information content (AvgIpc) is 3.29. The molecule has 2 N–H and O–H groups in total. The molecular formula is C19H25N7O. The van der Waals surface area contributed by atoms with Crippen LogP contribution in [0.25, 0.3) is 11.0 Å². The van der Waals surface area contributed by atoms with Gasteiger partial charge in [-0.2, -0.15) is 10.1 Å². The zero-order valence-electron chi connectivity index (χ0n) is 16.0. The fourth-order valence-electron chi connectivity index (χ4n) is 3.37. The molecule has 8 heteroatoms. The average molecular weight is 367 g/mol. The lowest BCUT2D eigenvalue weighted by Gasteiger charge is -2.19. The monoisotopic (exact) mass is 367 g/mol. The van der Waals surface area contributed by atoms with E-state index in [0.717, 1.165) is 24.5 Å². The molecule has 0 spiro atoms. The van der Waals surface area contributed by atoms with Crippen molar-refractivity contribution >= 4 is 22.8 Å². The molecule has 0 unspecified atom stereocenters. The highest BCUT2D eigenvalue weighted by atomic mass is 16.1. The van der Waals surface area contributed by atoms with Gasteiger partial charge in [-0.25, -0.2) is 9.67 Å². The van der Waals surface area contributed by atoms with E-state index in [1.807, 2.05) is 33.0 Å². The molecule has 8 nitrogen and oxygen atoms in total. The Balaban J connectivity index is 1.57. The summed E-state index contributed by atoms with van der Waals surface area (Å²) in [5, 5.41) is 8.06. The molecule has 0 atom stereocenters. The summed E-state index contributed by atoms with van der Waals surface area (Å²) in [6.45, 7) is 8.78. The van der Waals surface area contributed by atoms with Crippen molar-refractivity contribution in [2.45, 2.75) is 45.7 Å². The lowest BCUT2D eigenvalue weighted by molar-refractivity contribution is 0.366. The van der Waals surface area contributed by atoms with Crippen LogP contribution in [-0.2, 0) is 12.1 Å². The third-order valence-corrected chi connectivity index (χ3v) is 4.77. The minimum atomic E-state index is -0.254. The Labute approximate surface area is 157 Å². The van der Waals surface area contributed by atoms with E-state index in [1.54, 1.807) is 10.9 Å². The Bertz CT molecular complexity index is 1010. The highest BCUT2D eigenvalue weighted by molar-refractivity contribution is 5.74. The van der Waals surface area contributed by atoms with Crippen molar-refractivity contribution in [3.8, 4) is 0 Å². The molecule has 142 valence electrons. The molecule has 0 amide bonds. The summed E-state index contributed by atoms with van der Waals surface area (Å²) in [6.07, 6.45) is 5.84. The van der Waals surface area contributed by atoms with Crippen molar-refractivity contribution in [1.82, 2.24) is 24.7 Å². The first-order valence-corrected chi connectivity index (χ1v) is 9.34. The summed E-state index contributed by atoms with van der Waals surface area (Å²) in [5.74, 6) is 1.45. The van der Waals surface area contributed by atoms with Gasteiger partial charge in [0.2, 0.25) is 5.95 Å². The van der Waals surface area contributed by atoms with E-state index < -0.39 is 0 Å². The van der Waals surface area contributed by atoms with Gasteiger partial charge in [0.05, 0.1) is 11.7 Å². The van der Waals surface area contributed by atoms with Crippen molar-refractivity contribution in [3.63, 3.8) is 0 Å². The second-order valence-electron chi connectivity index (χ2n) is 7.95. The van der Waals surface area contributed by atoms with Crippen LogP contribution in [0.3, 0.4) is 0 Å². The quantitative estimate of drug-likeness (QED) is 0.736. The molecule has 1 aliphatic heterocycles. The van der Waals surface area contributed by atoms with E-state index >= 15 is 0 Å². The number of hydrogen-bond acceptors (Lipinski definition) is 6. The van der Waals surface area contributed by atoms with Crippen LogP contribution >= 0.6 is 0 Å². The van der Waals surface area contributed by atoms with Crippen molar-refractivity contribution in [2.24, 2.45) is 0 Å². The maximum Gasteiger partial charge on any atom is 0.263 e. The van der Waals surface area contributed by atoms with E-state index in [2.05, 4.69) is 36.3 Å². The second-order valence-corrected chi connectivity index (χ2v) is 7.95. The highest BCUT2D eigenvalue weighted by Crippen LogP contribution is 2.20. The molecule has 1 saturated heterocycles. The summed E-state index contributed by atoms with van der Waals surface area (Å²) in [7, 11) is 0. The molecule has 1 fully saturated rings. The van der Waals surface area contributed by atoms with Gasteiger partial charge in [0.1, 0.15) is 11.2 Å². The number of rotatable bonds is 4. The van der Waals surface area contributed by atoms with Gasteiger partial charge >= 0.3 is 0 Å². The van der Waals surface area contributed by atoms with Gasteiger partial charge in [-0.1, -0.05) is 0 Å². The van der Waals surface area contributed by atoms with Crippen LogP contribution in [0.15, 0.2) is 29.3 Å². The van der Waals surface area contributed by atoms with E-state index in [4.69, 9.17) is 0 Å². The number of pyridine rings is 1. The fraction of sp³-hybridized carbons (Fsp3) is 0.474. The number of H-pyrrole nitrogens is 1. The van der Waals surface area contributed by atoms with Gasteiger partial charge < -0.3 is 10.2 Å². The standard InChI is InChI=1S/C19H25N7O/c1-19(2,3)26-16-14(12-22-26)17(27)24-18(23-16)21-11-13-6-7-20-15(10-13)25-8-4-5-9-25/h6-7,10,12H,4-5,8-9,11H2,1-3H3,(H2,21,23,24,27). The van der Waals surface area contributed by atoms with E-state index in [-0.39, 0.29) is 11.1 Å². The number of aromatic amines is 1. The van der Waals surface area contributed by atoms with Crippen LogP contribution in [0.1, 0.15) is 39.2 Å². The minimum absolute atomic E-state index is 0.189. The van der Waals surface area contributed by atoms with Crippen LogP contribution in [0.5, 0.6) is 0 Å². The third-order valence-electron chi connectivity index (χ3n) is 4.77. The number of nitrogens with zero attached hydrogens (tertiary/aromatic N) is 5. The first-order chi connectivity index (χ1) is 12.9. The summed E-state index contributed by atoms with van der Waals surface area (Å²) in [4.78, 5) is 26.5. The maximum absolute atomic E-state index is 12.4. The molecule has 0 bridgehead atoms. The van der Waals surface area contributed by atoms with Gasteiger partial charge in [-0.3, -0.25) is 9.78 Å². The van der Waals surface area contributed by atoms with Gasteiger partial charge in [0, 0.05) is 25.8 Å². The summed E-state index contributed by atoms with van der Waals surface area (Å²) in [6, 6.07) is 4.07. The SMILES string of the molecule is CC(C)(C)n1ncc2c(=O)[nH]c(NCc3ccnc(N4CCCC4)c3)nc21. The van der Waals surface area contributed by atoms with E-state index in [1.165, 1.54) is 12.8 Å². The van der Waals surface area contributed by atoms with Crippen LogP contribution in [0.2, 0.25) is 0 Å². The van der Waals surface area contributed by atoms with Crippen LogP contribution in [0, 0.1) is 0 Å². The lowest BCUT2D eigenvalue weighted by Crippen LogP contribution is -2.24. The molecule has 0 saturated carbocycles. The normalized spacial score (nSPS) is 14.9. The first kappa shape index (κ1) is 17.5. The second kappa shape index (κ2) is 6.68. The van der Waals surface area contributed by atoms with Crippen LogP contribution < -0.4 is 15.8 Å². The zero-order chi connectivity index (χ0) is 19.0. The van der Waals surface area contributed by atoms with Crippen molar-refractivity contribution < 1.29 is 0 Å². The first-order valence-electron chi connectivity index (χ1n) is 9.34. The lowest BCUT2D eigenvalue weighted by atomic mass is 10.1. The Morgan fingerprint density at radius 2 is 2.04 bits per heavy atom. The summed E-state index contributed by atoms with van der Waals surface area (Å²) >= 11 is 0. The van der Waals surface area contributed by atoms with Crippen molar-refractivity contribution in [3.05, 3.63) is 40.4 Å². The van der Waals surface area contributed by atoms with Gasteiger partial charge in [0.25, 0.3) is 5.56 Å². The predicted molar refractivity (Wildman–Crippen MR) is 106 cm³/mol. The van der Waals surface area contributed by atoms with Crippen molar-refractivity contribution in [2.75, 3.05) is 23.3 Å². The Morgan fingerprint density at radius 3 is 2.78 bits per heavy atom. The summed E-state index contributed by atoms with van der Waals surface area (Å²) in [5.41, 5.74) is 1.24. The zero-order valence-corrected chi connectivity index (χ0v) is 16.0. The Morgan fingerprint density at radius 1 is 1.26 bits per heavy atom. The van der Waals surface area contributed by atoms with Crippen LogP contribution in [0.4, 0.5) is 11.8 Å². The van der Waals surface area contributed by atoms with E-state index in [9.17, 15) is 4.79 Å². The molecule has 0 radical (unpaired) electrons. The van der Waals surface area contributed by atoms with Crippen LogP contribution in [-0.4, -0.2) is 37.8 Å². The topological polar surface area (TPSA) is 91.7 Å². The predicted octanol–water partition coefficient (Wildman–Crippen LogP) is 2.48. The highest BCUT2D eigenvalue weighted by Gasteiger charge is 2.20. The molecular weight excluding hydrogens is 342 g/mol. The molecule has 4 heterocycles. The van der Waals surface area contributed by atoms with Gasteiger partial charge in [0.15, 0.2) is 5.65 Å². The number of aromatic nitrogens is 5.